The maximum Gasteiger partial charge on any atom is 0.0931 e. The minimum absolute atomic E-state index is 0.167. The first-order valence-corrected chi connectivity index (χ1v) is 6.79. The second kappa shape index (κ2) is 4.69. The van der Waals surface area contributed by atoms with Crippen molar-refractivity contribution in [2.24, 2.45) is 5.73 Å². The predicted molar refractivity (Wildman–Crippen MR) is 77.1 cm³/mol. The molecule has 0 bridgehead atoms. The molecule has 0 fully saturated rings. The third kappa shape index (κ3) is 2.12. The summed E-state index contributed by atoms with van der Waals surface area (Å²) in [6, 6.07) is 13.8. The molecule has 3 aromatic rings. The van der Waals surface area contributed by atoms with Crippen molar-refractivity contribution in [3.63, 3.8) is 0 Å². The lowest BCUT2D eigenvalue weighted by Gasteiger charge is -2.10. The van der Waals surface area contributed by atoms with E-state index in [1.54, 1.807) is 0 Å². The summed E-state index contributed by atoms with van der Waals surface area (Å²) in [5.74, 6) is 0. The molecule has 0 amide bonds. The maximum absolute atomic E-state index is 6.23. The Balaban J connectivity index is 2.03. The number of para-hydroxylation sites is 1. The summed E-state index contributed by atoms with van der Waals surface area (Å²) in [5.41, 5.74) is 8.22. The van der Waals surface area contributed by atoms with Gasteiger partial charge in [-0.3, -0.25) is 4.98 Å². The molecule has 1 unspecified atom stereocenters. The van der Waals surface area contributed by atoms with Gasteiger partial charge in [0.15, 0.2) is 0 Å². The van der Waals surface area contributed by atoms with Crippen molar-refractivity contribution < 1.29 is 0 Å². The van der Waals surface area contributed by atoms with Crippen molar-refractivity contribution in [2.75, 3.05) is 0 Å². The molecule has 0 aliphatic carbocycles. The molecule has 2 N–H and O–H groups in total. The van der Waals surface area contributed by atoms with Gasteiger partial charge in [0.25, 0.3) is 0 Å². The average Bonchev–Trinajstić information content (AvgIpc) is 2.84. The van der Waals surface area contributed by atoms with Gasteiger partial charge < -0.3 is 5.73 Å². The SMILES string of the molecule is NC(c1cnc2ccccc2c1)c1ccc(Cl)s1. The summed E-state index contributed by atoms with van der Waals surface area (Å²) >= 11 is 7.44. The molecular weight excluding hydrogens is 264 g/mol. The number of nitrogens with two attached hydrogens (primary N) is 1. The van der Waals surface area contributed by atoms with Crippen LogP contribution in [0.4, 0.5) is 0 Å². The van der Waals surface area contributed by atoms with E-state index in [-0.39, 0.29) is 6.04 Å². The highest BCUT2D eigenvalue weighted by molar-refractivity contribution is 7.16. The van der Waals surface area contributed by atoms with E-state index in [1.807, 2.05) is 42.6 Å². The van der Waals surface area contributed by atoms with Crippen LogP contribution < -0.4 is 5.73 Å². The van der Waals surface area contributed by atoms with Crippen molar-refractivity contribution in [1.82, 2.24) is 4.98 Å². The molecule has 0 saturated heterocycles. The van der Waals surface area contributed by atoms with Gasteiger partial charge in [0, 0.05) is 16.5 Å². The van der Waals surface area contributed by atoms with E-state index in [0.29, 0.717) is 0 Å². The third-order valence-corrected chi connectivity index (χ3v) is 4.19. The quantitative estimate of drug-likeness (QED) is 0.767. The van der Waals surface area contributed by atoms with Crippen molar-refractivity contribution in [2.45, 2.75) is 6.04 Å². The summed E-state index contributed by atoms with van der Waals surface area (Å²) in [5, 5.41) is 1.10. The molecule has 1 aromatic carbocycles. The normalized spacial score (nSPS) is 12.8. The number of hydrogen-bond acceptors (Lipinski definition) is 3. The number of aromatic nitrogens is 1. The van der Waals surface area contributed by atoms with Gasteiger partial charge in [0.1, 0.15) is 0 Å². The van der Waals surface area contributed by atoms with E-state index < -0.39 is 0 Å². The van der Waals surface area contributed by atoms with Crippen LogP contribution in [-0.4, -0.2) is 4.98 Å². The molecule has 0 radical (unpaired) electrons. The van der Waals surface area contributed by atoms with Crippen LogP contribution in [0.5, 0.6) is 0 Å². The van der Waals surface area contributed by atoms with Crippen LogP contribution >= 0.6 is 22.9 Å². The van der Waals surface area contributed by atoms with Crippen LogP contribution in [0.3, 0.4) is 0 Å². The molecular formula is C14H11ClN2S. The number of thiophene rings is 1. The molecule has 18 heavy (non-hydrogen) atoms. The number of nitrogens with zero attached hydrogens (tertiary/aromatic N) is 1. The second-order valence-corrected chi connectivity index (χ2v) is 5.83. The summed E-state index contributed by atoms with van der Waals surface area (Å²) in [7, 11) is 0. The van der Waals surface area contributed by atoms with Gasteiger partial charge in [-0.15, -0.1) is 11.3 Å². The Morgan fingerprint density at radius 1 is 1.17 bits per heavy atom. The second-order valence-electron chi connectivity index (χ2n) is 4.08. The Kier molecular flexibility index (Phi) is 3.04. The standard InChI is InChI=1S/C14H11ClN2S/c15-13-6-5-12(18-13)14(16)10-7-9-3-1-2-4-11(9)17-8-10/h1-8,14H,16H2. The highest BCUT2D eigenvalue weighted by atomic mass is 35.5. The fraction of sp³-hybridized carbons (Fsp3) is 0.0714. The lowest BCUT2D eigenvalue weighted by Crippen LogP contribution is -2.10. The highest BCUT2D eigenvalue weighted by Gasteiger charge is 2.12. The van der Waals surface area contributed by atoms with Gasteiger partial charge in [0.05, 0.1) is 15.9 Å². The third-order valence-electron chi connectivity index (χ3n) is 2.87. The van der Waals surface area contributed by atoms with Gasteiger partial charge in [-0.1, -0.05) is 29.8 Å². The molecule has 0 aliphatic rings. The van der Waals surface area contributed by atoms with Crippen molar-refractivity contribution in [3.05, 3.63) is 63.4 Å². The van der Waals surface area contributed by atoms with Crippen LogP contribution in [0.15, 0.2) is 48.7 Å². The molecule has 2 heterocycles. The highest BCUT2D eigenvalue weighted by Crippen LogP contribution is 2.30. The minimum Gasteiger partial charge on any atom is -0.320 e. The molecule has 0 saturated carbocycles. The van der Waals surface area contributed by atoms with Gasteiger partial charge in [0.2, 0.25) is 0 Å². The molecule has 0 spiro atoms. The van der Waals surface area contributed by atoms with Crippen molar-refractivity contribution in [1.29, 1.82) is 0 Å². The first kappa shape index (κ1) is 11.7. The summed E-state index contributed by atoms with van der Waals surface area (Å²) in [6.45, 7) is 0. The monoisotopic (exact) mass is 274 g/mol. The number of hydrogen-bond donors (Lipinski definition) is 1. The zero-order chi connectivity index (χ0) is 12.5. The predicted octanol–water partition coefficient (Wildman–Crippen LogP) is 4.00. The molecule has 0 aliphatic heterocycles. The zero-order valence-corrected chi connectivity index (χ0v) is 11.1. The largest absolute Gasteiger partial charge is 0.320 e. The Hall–Kier alpha value is -1.42. The fourth-order valence-corrected chi connectivity index (χ4v) is 3.01. The van der Waals surface area contributed by atoms with E-state index in [2.05, 4.69) is 11.1 Å². The summed E-state index contributed by atoms with van der Waals surface area (Å²) in [6.07, 6.45) is 1.83. The van der Waals surface area contributed by atoms with E-state index in [4.69, 9.17) is 17.3 Å². The van der Waals surface area contributed by atoms with Gasteiger partial charge >= 0.3 is 0 Å². The first-order valence-electron chi connectivity index (χ1n) is 5.59. The van der Waals surface area contributed by atoms with Gasteiger partial charge in [-0.25, -0.2) is 0 Å². The number of halogens is 1. The topological polar surface area (TPSA) is 38.9 Å². The smallest absolute Gasteiger partial charge is 0.0931 e. The maximum atomic E-state index is 6.23. The van der Waals surface area contributed by atoms with E-state index in [0.717, 1.165) is 25.7 Å². The van der Waals surface area contributed by atoms with Crippen LogP contribution in [0.25, 0.3) is 10.9 Å². The van der Waals surface area contributed by atoms with E-state index in [1.165, 1.54) is 11.3 Å². The summed E-state index contributed by atoms with van der Waals surface area (Å²) < 4.78 is 0.759. The molecule has 1 atom stereocenters. The Bertz CT molecular complexity index is 693. The molecule has 4 heteroatoms. The van der Waals surface area contributed by atoms with E-state index >= 15 is 0 Å². The fourth-order valence-electron chi connectivity index (χ4n) is 1.92. The molecule has 90 valence electrons. The molecule has 2 nitrogen and oxygen atoms in total. The van der Waals surface area contributed by atoms with Gasteiger partial charge in [-0.05, 0) is 29.8 Å². The van der Waals surface area contributed by atoms with Gasteiger partial charge in [-0.2, -0.15) is 0 Å². The number of fused-ring (bicyclic) bond motifs is 1. The lowest BCUT2D eigenvalue weighted by molar-refractivity contribution is 0.888. The minimum atomic E-state index is -0.167. The number of rotatable bonds is 2. The zero-order valence-electron chi connectivity index (χ0n) is 9.51. The number of pyridine rings is 1. The average molecular weight is 275 g/mol. The van der Waals surface area contributed by atoms with E-state index in [9.17, 15) is 0 Å². The van der Waals surface area contributed by atoms with Crippen molar-refractivity contribution in [3.8, 4) is 0 Å². The number of benzene rings is 1. The molecule has 3 rings (SSSR count). The van der Waals surface area contributed by atoms with Crippen LogP contribution in [0.1, 0.15) is 16.5 Å². The summed E-state index contributed by atoms with van der Waals surface area (Å²) in [4.78, 5) is 5.48. The Morgan fingerprint density at radius 2 is 2.00 bits per heavy atom. The van der Waals surface area contributed by atoms with Crippen LogP contribution in [0, 0.1) is 0 Å². The Labute approximate surface area is 114 Å². The lowest BCUT2D eigenvalue weighted by atomic mass is 10.1. The molecule has 2 aromatic heterocycles. The van der Waals surface area contributed by atoms with Crippen LogP contribution in [-0.2, 0) is 0 Å². The first-order chi connectivity index (χ1) is 8.74. The van der Waals surface area contributed by atoms with Crippen molar-refractivity contribution >= 4 is 33.8 Å². The van der Waals surface area contributed by atoms with Crippen LogP contribution in [0.2, 0.25) is 4.34 Å². The Morgan fingerprint density at radius 3 is 2.78 bits per heavy atom.